The first kappa shape index (κ1) is 20.5. The van der Waals surface area contributed by atoms with Crippen molar-refractivity contribution >= 4 is 40.8 Å². The summed E-state index contributed by atoms with van der Waals surface area (Å²) in [5.74, 6) is -1.36. The van der Waals surface area contributed by atoms with Gasteiger partial charge in [-0.1, -0.05) is 29.8 Å². The van der Waals surface area contributed by atoms with E-state index in [-0.39, 0.29) is 18.7 Å². The fourth-order valence-corrected chi connectivity index (χ4v) is 2.50. The van der Waals surface area contributed by atoms with Gasteiger partial charge in [-0.2, -0.15) is 0 Å². The molecule has 0 radical (unpaired) electrons. The second kappa shape index (κ2) is 9.73. The highest BCUT2D eigenvalue weighted by Crippen LogP contribution is 2.19. The molecule has 0 aliphatic rings. The van der Waals surface area contributed by atoms with Crippen molar-refractivity contribution in [3.8, 4) is 0 Å². The van der Waals surface area contributed by atoms with Crippen LogP contribution < -0.4 is 10.6 Å². The summed E-state index contributed by atoms with van der Waals surface area (Å²) in [6.45, 7) is 3.37. The fraction of sp³-hybridized carbons (Fsp3) is 0.250. The van der Waals surface area contributed by atoms with Gasteiger partial charge in [0, 0.05) is 22.8 Å². The maximum absolute atomic E-state index is 11.9. The number of halogens is 1. The Bertz CT molecular complexity index is 814. The number of carbonyl (C=O) groups excluding carboxylic acids is 3. The number of para-hydroxylation sites is 1. The Morgan fingerprint density at radius 1 is 0.889 bits per heavy atom. The van der Waals surface area contributed by atoms with E-state index in [2.05, 4.69) is 10.6 Å². The monoisotopic (exact) mass is 388 g/mol. The predicted octanol–water partition coefficient (Wildman–Crippen LogP) is 3.86. The number of anilines is 2. The van der Waals surface area contributed by atoms with Gasteiger partial charge >= 0.3 is 5.97 Å². The predicted molar refractivity (Wildman–Crippen MR) is 105 cm³/mol. The minimum Gasteiger partial charge on any atom is -0.456 e. The summed E-state index contributed by atoms with van der Waals surface area (Å²) in [4.78, 5) is 35.5. The molecule has 0 saturated heterocycles. The maximum Gasteiger partial charge on any atom is 0.306 e. The molecule has 6 nitrogen and oxygen atoms in total. The van der Waals surface area contributed by atoms with Crippen molar-refractivity contribution in [3.63, 3.8) is 0 Å². The molecule has 2 rings (SSSR count). The molecule has 0 unspecified atom stereocenters. The van der Waals surface area contributed by atoms with E-state index in [1.54, 1.807) is 24.3 Å². The second-order valence-corrected chi connectivity index (χ2v) is 6.47. The largest absolute Gasteiger partial charge is 0.456 e. The summed E-state index contributed by atoms with van der Waals surface area (Å²) in [7, 11) is 0. The van der Waals surface area contributed by atoms with Gasteiger partial charge in [-0.15, -0.1) is 0 Å². The Morgan fingerprint density at radius 3 is 2.15 bits per heavy atom. The fourth-order valence-electron chi connectivity index (χ4n) is 2.38. The van der Waals surface area contributed by atoms with Gasteiger partial charge in [-0.3, -0.25) is 14.4 Å². The zero-order chi connectivity index (χ0) is 19.8. The highest BCUT2D eigenvalue weighted by molar-refractivity contribution is 6.30. The first-order valence-corrected chi connectivity index (χ1v) is 8.80. The maximum atomic E-state index is 11.9. The van der Waals surface area contributed by atoms with Crippen molar-refractivity contribution in [1.29, 1.82) is 0 Å². The molecule has 27 heavy (non-hydrogen) atoms. The Labute approximate surface area is 162 Å². The zero-order valence-electron chi connectivity index (χ0n) is 15.2. The lowest BCUT2D eigenvalue weighted by molar-refractivity contribution is -0.147. The van der Waals surface area contributed by atoms with Gasteiger partial charge < -0.3 is 15.4 Å². The van der Waals surface area contributed by atoms with Crippen LogP contribution in [0.25, 0.3) is 0 Å². The number of amides is 2. The second-order valence-electron chi connectivity index (χ2n) is 6.03. The summed E-state index contributed by atoms with van der Waals surface area (Å²) in [5, 5.41) is 5.95. The molecular formula is C20H21ClN2O4. The van der Waals surface area contributed by atoms with Gasteiger partial charge in [0.05, 0.1) is 6.42 Å². The van der Waals surface area contributed by atoms with Crippen LogP contribution in [0.4, 0.5) is 11.4 Å². The van der Waals surface area contributed by atoms with Gasteiger partial charge in [-0.05, 0) is 49.2 Å². The summed E-state index contributed by atoms with van der Waals surface area (Å²) >= 11 is 5.77. The van der Waals surface area contributed by atoms with Crippen LogP contribution in [0.2, 0.25) is 5.02 Å². The van der Waals surface area contributed by atoms with E-state index < -0.39 is 18.5 Å². The van der Waals surface area contributed by atoms with Crippen LogP contribution >= 0.6 is 11.6 Å². The first-order valence-electron chi connectivity index (χ1n) is 8.42. The average Bonchev–Trinajstić information content (AvgIpc) is 2.63. The lowest BCUT2D eigenvalue weighted by Crippen LogP contribution is -2.22. The van der Waals surface area contributed by atoms with Crippen LogP contribution in [-0.4, -0.2) is 24.4 Å². The molecule has 0 fully saturated rings. The third-order valence-electron chi connectivity index (χ3n) is 3.79. The van der Waals surface area contributed by atoms with Crippen LogP contribution in [0.1, 0.15) is 24.0 Å². The Hall–Kier alpha value is -2.86. The lowest BCUT2D eigenvalue weighted by atomic mass is 10.1. The SMILES string of the molecule is Cc1cccc(C)c1NC(=O)COC(=O)CCC(=O)Nc1ccc(Cl)cc1. The molecule has 142 valence electrons. The van der Waals surface area contributed by atoms with E-state index in [1.165, 1.54) is 0 Å². The number of ether oxygens (including phenoxy) is 1. The van der Waals surface area contributed by atoms with Crippen LogP contribution in [-0.2, 0) is 19.1 Å². The Kier molecular flexibility index (Phi) is 7.37. The van der Waals surface area contributed by atoms with Gasteiger partial charge in [-0.25, -0.2) is 0 Å². The van der Waals surface area contributed by atoms with E-state index in [0.29, 0.717) is 16.4 Å². The summed E-state index contributed by atoms with van der Waals surface area (Å²) in [6.07, 6.45) is -0.157. The number of carbonyl (C=O) groups is 3. The number of hydrogen-bond acceptors (Lipinski definition) is 4. The third kappa shape index (κ3) is 6.75. The highest BCUT2D eigenvalue weighted by Gasteiger charge is 2.12. The lowest BCUT2D eigenvalue weighted by Gasteiger charge is -2.11. The number of benzene rings is 2. The Balaban J connectivity index is 1.71. The van der Waals surface area contributed by atoms with Crippen molar-refractivity contribution < 1.29 is 19.1 Å². The van der Waals surface area contributed by atoms with Gasteiger partial charge in [0.2, 0.25) is 5.91 Å². The first-order chi connectivity index (χ1) is 12.8. The topological polar surface area (TPSA) is 84.5 Å². The van der Waals surface area contributed by atoms with Gasteiger partial charge in [0.15, 0.2) is 6.61 Å². The molecule has 0 aliphatic carbocycles. The molecule has 0 aliphatic heterocycles. The summed E-state index contributed by atoms with van der Waals surface area (Å²) < 4.78 is 4.92. The number of rotatable bonds is 7. The van der Waals surface area contributed by atoms with Gasteiger partial charge in [0.25, 0.3) is 5.91 Å². The van der Waals surface area contributed by atoms with Crippen molar-refractivity contribution in [2.75, 3.05) is 17.2 Å². The molecule has 0 saturated carbocycles. The molecule has 2 amide bonds. The molecule has 0 heterocycles. The van der Waals surface area contributed by atoms with Gasteiger partial charge in [0.1, 0.15) is 0 Å². The standard InChI is InChI=1S/C20H21ClN2O4/c1-13-4-3-5-14(2)20(13)23-18(25)12-27-19(26)11-10-17(24)22-16-8-6-15(21)7-9-16/h3-9H,10-12H2,1-2H3,(H,22,24)(H,23,25). The minimum absolute atomic E-state index is 0.0417. The minimum atomic E-state index is -0.613. The summed E-state index contributed by atoms with van der Waals surface area (Å²) in [5.41, 5.74) is 3.15. The van der Waals surface area contributed by atoms with E-state index in [0.717, 1.165) is 11.1 Å². The number of esters is 1. The van der Waals surface area contributed by atoms with Crippen LogP contribution in [0.15, 0.2) is 42.5 Å². The van der Waals surface area contributed by atoms with Crippen molar-refractivity contribution in [2.45, 2.75) is 26.7 Å². The number of aryl methyl sites for hydroxylation is 2. The van der Waals surface area contributed by atoms with Crippen LogP contribution in [0.3, 0.4) is 0 Å². The summed E-state index contributed by atoms with van der Waals surface area (Å²) in [6, 6.07) is 12.3. The van der Waals surface area contributed by atoms with E-state index in [4.69, 9.17) is 16.3 Å². The molecule has 2 aromatic carbocycles. The number of hydrogen-bond donors (Lipinski definition) is 2. The Morgan fingerprint density at radius 2 is 1.52 bits per heavy atom. The quantitative estimate of drug-likeness (QED) is 0.705. The molecule has 0 bridgehead atoms. The van der Waals surface area contributed by atoms with Crippen LogP contribution in [0, 0.1) is 13.8 Å². The zero-order valence-corrected chi connectivity index (χ0v) is 15.9. The normalized spacial score (nSPS) is 10.2. The van der Waals surface area contributed by atoms with E-state index in [1.807, 2.05) is 32.0 Å². The number of nitrogens with one attached hydrogen (secondary N) is 2. The molecule has 2 N–H and O–H groups in total. The molecule has 7 heteroatoms. The molecule has 0 spiro atoms. The van der Waals surface area contributed by atoms with Crippen molar-refractivity contribution in [2.24, 2.45) is 0 Å². The molecular weight excluding hydrogens is 368 g/mol. The van der Waals surface area contributed by atoms with E-state index >= 15 is 0 Å². The van der Waals surface area contributed by atoms with Crippen molar-refractivity contribution in [3.05, 3.63) is 58.6 Å². The van der Waals surface area contributed by atoms with E-state index in [9.17, 15) is 14.4 Å². The highest BCUT2D eigenvalue weighted by atomic mass is 35.5. The molecule has 2 aromatic rings. The third-order valence-corrected chi connectivity index (χ3v) is 4.05. The van der Waals surface area contributed by atoms with Crippen molar-refractivity contribution in [1.82, 2.24) is 0 Å². The average molecular weight is 389 g/mol. The van der Waals surface area contributed by atoms with Crippen LogP contribution in [0.5, 0.6) is 0 Å². The molecule has 0 aromatic heterocycles. The molecule has 0 atom stereocenters. The smallest absolute Gasteiger partial charge is 0.306 e.